The molecule has 1 aliphatic heterocycles. The number of aromatic nitrogens is 3. The molecule has 1 fully saturated rings. The largest absolute Gasteiger partial charge is 0.377 e. The summed E-state index contributed by atoms with van der Waals surface area (Å²) in [4.78, 5) is 11.3. The van der Waals surface area contributed by atoms with E-state index in [0.717, 1.165) is 33.3 Å². The molecule has 32 heavy (non-hydrogen) atoms. The minimum Gasteiger partial charge on any atom is -0.377 e. The molecular formula is C23H24N4O4S. The minimum absolute atomic E-state index is 0.0189. The van der Waals surface area contributed by atoms with Crippen molar-refractivity contribution in [2.75, 3.05) is 31.3 Å². The number of hydrogen-bond acceptors (Lipinski definition) is 7. The zero-order chi connectivity index (χ0) is 22.3. The number of pyridine rings is 2. The zero-order valence-corrected chi connectivity index (χ0v) is 18.7. The number of nitrogens with zero attached hydrogens (tertiary/aromatic N) is 4. The van der Waals surface area contributed by atoms with Crippen LogP contribution in [0.15, 0.2) is 59.8 Å². The van der Waals surface area contributed by atoms with E-state index >= 15 is 0 Å². The Morgan fingerprint density at radius 1 is 1.12 bits per heavy atom. The second-order valence-corrected chi connectivity index (χ2v) is 9.58. The normalized spacial score (nSPS) is 17.3. The Balaban J connectivity index is 1.42. The van der Waals surface area contributed by atoms with Crippen molar-refractivity contribution in [3.05, 3.63) is 60.4 Å². The molecular weight excluding hydrogens is 428 g/mol. The number of aryl methyl sites for hydroxylation is 2. The Labute approximate surface area is 186 Å². The molecule has 1 aromatic carbocycles. The first-order chi connectivity index (χ1) is 15.4. The molecule has 4 heterocycles. The summed E-state index contributed by atoms with van der Waals surface area (Å²) in [5.74, 6) is 0.765. The van der Waals surface area contributed by atoms with E-state index in [-0.39, 0.29) is 17.5 Å². The lowest BCUT2D eigenvalue weighted by molar-refractivity contribution is 0.0776. The second-order valence-electron chi connectivity index (χ2n) is 7.97. The SMILES string of the molecule is Cc1ccc(S(=O)(=O)OC[C@@H]2COCCN2c2ccc3c4cnccc4n(C)c3n2)cc1. The van der Waals surface area contributed by atoms with E-state index in [2.05, 4.69) is 9.88 Å². The fourth-order valence-corrected chi connectivity index (χ4v) is 5.04. The predicted octanol–water partition coefficient (Wildman–Crippen LogP) is 3.04. The smallest absolute Gasteiger partial charge is 0.297 e. The number of morpholine rings is 1. The monoisotopic (exact) mass is 452 g/mol. The van der Waals surface area contributed by atoms with Gasteiger partial charge < -0.3 is 14.2 Å². The van der Waals surface area contributed by atoms with Crippen LogP contribution in [0.4, 0.5) is 5.82 Å². The van der Waals surface area contributed by atoms with Gasteiger partial charge >= 0.3 is 0 Å². The molecule has 4 aromatic rings. The van der Waals surface area contributed by atoms with E-state index in [9.17, 15) is 8.42 Å². The number of hydrogen-bond donors (Lipinski definition) is 0. The number of fused-ring (bicyclic) bond motifs is 3. The highest BCUT2D eigenvalue weighted by Crippen LogP contribution is 2.29. The summed E-state index contributed by atoms with van der Waals surface area (Å²) in [5, 5.41) is 2.08. The van der Waals surface area contributed by atoms with Crippen molar-refractivity contribution in [3.8, 4) is 0 Å². The van der Waals surface area contributed by atoms with E-state index in [1.54, 1.807) is 30.5 Å². The summed E-state index contributed by atoms with van der Waals surface area (Å²) in [6, 6.07) is 12.3. The van der Waals surface area contributed by atoms with Crippen LogP contribution < -0.4 is 4.90 Å². The summed E-state index contributed by atoms with van der Waals surface area (Å²) in [6.45, 7) is 3.39. The van der Waals surface area contributed by atoms with Crippen LogP contribution in [-0.2, 0) is 26.1 Å². The van der Waals surface area contributed by atoms with Gasteiger partial charge in [-0.15, -0.1) is 0 Å². The molecule has 0 spiro atoms. The van der Waals surface area contributed by atoms with Gasteiger partial charge in [-0.3, -0.25) is 9.17 Å². The topological polar surface area (TPSA) is 86.6 Å². The molecule has 0 saturated carbocycles. The van der Waals surface area contributed by atoms with Crippen LogP contribution in [0.2, 0.25) is 0 Å². The predicted molar refractivity (Wildman–Crippen MR) is 122 cm³/mol. The highest BCUT2D eigenvalue weighted by atomic mass is 32.2. The van der Waals surface area contributed by atoms with Gasteiger partial charge in [0.1, 0.15) is 11.5 Å². The summed E-state index contributed by atoms with van der Waals surface area (Å²) >= 11 is 0. The Morgan fingerprint density at radius 3 is 2.75 bits per heavy atom. The quantitative estimate of drug-likeness (QED) is 0.430. The summed E-state index contributed by atoms with van der Waals surface area (Å²) in [5.41, 5.74) is 2.90. The Bertz CT molecular complexity index is 1380. The van der Waals surface area contributed by atoms with Gasteiger partial charge in [-0.1, -0.05) is 17.7 Å². The maximum Gasteiger partial charge on any atom is 0.297 e. The lowest BCUT2D eigenvalue weighted by Gasteiger charge is -2.36. The first kappa shape index (κ1) is 20.9. The number of rotatable bonds is 5. The van der Waals surface area contributed by atoms with Crippen molar-refractivity contribution in [3.63, 3.8) is 0 Å². The molecule has 0 aliphatic carbocycles. The highest BCUT2D eigenvalue weighted by molar-refractivity contribution is 7.86. The van der Waals surface area contributed by atoms with Gasteiger partial charge in [0.15, 0.2) is 0 Å². The van der Waals surface area contributed by atoms with Crippen LogP contribution in [0, 0.1) is 6.92 Å². The fourth-order valence-electron chi connectivity index (χ4n) is 4.10. The van der Waals surface area contributed by atoms with Gasteiger partial charge in [0.05, 0.1) is 36.3 Å². The standard InChI is InChI=1S/C23H24N4O4S/c1-16-3-5-18(6-4-16)32(28,29)31-15-17-14-30-12-11-27(17)22-8-7-19-20-13-24-10-9-21(20)26(2)23(19)25-22/h3-10,13,17H,11-12,14-15H2,1-2H3/t17-/m0/s1. The molecule has 8 nitrogen and oxygen atoms in total. The molecule has 0 bridgehead atoms. The maximum absolute atomic E-state index is 12.6. The summed E-state index contributed by atoms with van der Waals surface area (Å²) in [6.07, 6.45) is 3.62. The summed E-state index contributed by atoms with van der Waals surface area (Å²) < 4.78 is 38.4. The highest BCUT2D eigenvalue weighted by Gasteiger charge is 2.28. The van der Waals surface area contributed by atoms with Crippen molar-refractivity contribution in [1.29, 1.82) is 0 Å². The molecule has 0 amide bonds. The molecule has 5 rings (SSSR count). The van der Waals surface area contributed by atoms with Gasteiger partial charge in [-0.05, 0) is 37.3 Å². The van der Waals surface area contributed by atoms with Crippen LogP contribution in [0.1, 0.15) is 5.56 Å². The van der Waals surface area contributed by atoms with E-state index in [0.29, 0.717) is 19.8 Å². The van der Waals surface area contributed by atoms with Crippen molar-refractivity contribution in [2.45, 2.75) is 17.9 Å². The first-order valence-electron chi connectivity index (χ1n) is 10.4. The van der Waals surface area contributed by atoms with E-state index < -0.39 is 10.1 Å². The summed E-state index contributed by atoms with van der Waals surface area (Å²) in [7, 11) is -1.87. The maximum atomic E-state index is 12.6. The third-order valence-corrected chi connectivity index (χ3v) is 7.17. The average Bonchev–Trinajstić information content (AvgIpc) is 3.10. The number of benzene rings is 1. The molecule has 1 saturated heterocycles. The first-order valence-corrected chi connectivity index (χ1v) is 11.8. The molecule has 1 atom stereocenters. The number of anilines is 1. The average molecular weight is 453 g/mol. The molecule has 0 radical (unpaired) electrons. The van der Waals surface area contributed by atoms with Gasteiger partial charge in [-0.2, -0.15) is 8.42 Å². The van der Waals surface area contributed by atoms with Crippen LogP contribution in [0.25, 0.3) is 21.9 Å². The molecule has 0 N–H and O–H groups in total. The Hall–Kier alpha value is -3.01. The van der Waals surface area contributed by atoms with Gasteiger partial charge in [0, 0.05) is 36.8 Å². The van der Waals surface area contributed by atoms with Gasteiger partial charge in [0.2, 0.25) is 0 Å². The van der Waals surface area contributed by atoms with E-state index in [4.69, 9.17) is 13.9 Å². The molecule has 9 heteroatoms. The molecule has 166 valence electrons. The van der Waals surface area contributed by atoms with E-state index in [1.807, 2.05) is 42.9 Å². The molecule has 3 aromatic heterocycles. The third-order valence-electron chi connectivity index (χ3n) is 5.87. The Morgan fingerprint density at radius 2 is 1.94 bits per heavy atom. The number of ether oxygens (including phenoxy) is 1. The molecule has 0 unspecified atom stereocenters. The van der Waals surface area contributed by atoms with Crippen molar-refractivity contribution in [1.82, 2.24) is 14.5 Å². The molecule has 1 aliphatic rings. The lowest BCUT2D eigenvalue weighted by atomic mass is 10.2. The van der Waals surface area contributed by atoms with Crippen molar-refractivity contribution in [2.24, 2.45) is 7.05 Å². The fraction of sp³-hybridized carbons (Fsp3) is 0.304. The van der Waals surface area contributed by atoms with E-state index in [1.165, 1.54) is 0 Å². The Kier molecular flexibility index (Phi) is 5.32. The van der Waals surface area contributed by atoms with Crippen molar-refractivity contribution < 1.29 is 17.3 Å². The van der Waals surface area contributed by atoms with Crippen LogP contribution in [0.3, 0.4) is 0 Å². The lowest BCUT2D eigenvalue weighted by Crippen LogP contribution is -2.48. The van der Waals surface area contributed by atoms with Gasteiger partial charge in [0.25, 0.3) is 10.1 Å². The van der Waals surface area contributed by atoms with Crippen LogP contribution in [-0.4, -0.2) is 55.4 Å². The third kappa shape index (κ3) is 3.72. The van der Waals surface area contributed by atoms with Gasteiger partial charge in [-0.25, -0.2) is 4.98 Å². The van der Waals surface area contributed by atoms with Crippen LogP contribution >= 0.6 is 0 Å². The second kappa shape index (κ2) is 8.16. The minimum atomic E-state index is -3.85. The van der Waals surface area contributed by atoms with Crippen molar-refractivity contribution >= 4 is 37.9 Å². The van der Waals surface area contributed by atoms with Crippen LogP contribution in [0.5, 0.6) is 0 Å². The zero-order valence-electron chi connectivity index (χ0n) is 17.9.